The Hall–Kier alpha value is -1.16. The highest BCUT2D eigenvalue weighted by Gasteiger charge is 2.35. The number of rotatable bonds is 7. The molecule has 1 aromatic carbocycles. The molecule has 1 aromatic rings. The molecule has 0 bridgehead atoms. The van der Waals surface area contributed by atoms with Crippen molar-refractivity contribution in [1.82, 2.24) is 0 Å². The summed E-state index contributed by atoms with van der Waals surface area (Å²) in [5.41, 5.74) is 0. The largest absolute Gasteiger partial charge is 0.391 e. The molecule has 0 saturated heterocycles. The average Bonchev–Trinajstić information content (AvgIpc) is 2.67. The zero-order valence-electron chi connectivity index (χ0n) is 14.8. The molecule has 0 saturated carbocycles. The summed E-state index contributed by atoms with van der Waals surface area (Å²) in [7, 11) is -2.34. The van der Waals surface area contributed by atoms with Crippen molar-refractivity contribution in [2.75, 3.05) is 13.2 Å². The van der Waals surface area contributed by atoms with Gasteiger partial charge in [0.1, 0.15) is 0 Å². The summed E-state index contributed by atoms with van der Waals surface area (Å²) in [5.74, 6) is 1.29. The standard InChI is InChI=1S/C21H30O2Si/c1-24(21-15-9-4-10-16-21,22-17-19-11-5-2-6-12-19)23-18-20-13-7-3-8-14-20/h2-5,7,9-10,15-16,19-20H,6,8,11-14,17-18H2,1H3. The van der Waals surface area contributed by atoms with Gasteiger partial charge in [0.15, 0.2) is 0 Å². The number of hydrogen-bond acceptors (Lipinski definition) is 2. The Morgan fingerprint density at radius 2 is 1.38 bits per heavy atom. The second-order valence-corrected chi connectivity index (χ2v) is 10.3. The fourth-order valence-corrected chi connectivity index (χ4v) is 5.84. The Labute approximate surface area is 147 Å². The van der Waals surface area contributed by atoms with Gasteiger partial charge in [0.25, 0.3) is 0 Å². The van der Waals surface area contributed by atoms with Crippen molar-refractivity contribution in [2.45, 2.75) is 45.1 Å². The molecule has 0 amide bonds. The normalized spacial score (nSPS) is 26.2. The van der Waals surface area contributed by atoms with Gasteiger partial charge in [0.05, 0.1) is 0 Å². The second kappa shape index (κ2) is 8.79. The molecule has 0 fully saturated rings. The lowest BCUT2D eigenvalue weighted by Gasteiger charge is -2.32. The van der Waals surface area contributed by atoms with Gasteiger partial charge in [-0.25, -0.2) is 0 Å². The van der Waals surface area contributed by atoms with Gasteiger partial charge in [-0.2, -0.15) is 0 Å². The third-order valence-electron chi connectivity index (χ3n) is 5.24. The van der Waals surface area contributed by atoms with E-state index in [1.165, 1.54) is 30.9 Å². The van der Waals surface area contributed by atoms with Crippen LogP contribution in [0.5, 0.6) is 0 Å². The minimum Gasteiger partial charge on any atom is -0.391 e. The molecule has 24 heavy (non-hydrogen) atoms. The highest BCUT2D eigenvalue weighted by atomic mass is 28.4. The minimum absolute atomic E-state index is 0.645. The molecule has 0 radical (unpaired) electrons. The van der Waals surface area contributed by atoms with Gasteiger partial charge in [0, 0.05) is 13.2 Å². The zero-order valence-corrected chi connectivity index (χ0v) is 15.8. The van der Waals surface area contributed by atoms with Gasteiger partial charge in [-0.3, -0.25) is 0 Å². The summed E-state index contributed by atoms with van der Waals surface area (Å²) in [6.07, 6.45) is 16.3. The second-order valence-electron chi connectivity index (χ2n) is 7.23. The third kappa shape index (κ3) is 4.92. The predicted octanol–water partition coefficient (Wildman–Crippen LogP) is 4.71. The van der Waals surface area contributed by atoms with E-state index in [1.807, 2.05) is 0 Å². The predicted molar refractivity (Wildman–Crippen MR) is 103 cm³/mol. The van der Waals surface area contributed by atoms with Crippen molar-refractivity contribution in [2.24, 2.45) is 11.8 Å². The number of allylic oxidation sites excluding steroid dienone is 4. The van der Waals surface area contributed by atoms with E-state index in [1.54, 1.807) is 0 Å². The van der Waals surface area contributed by atoms with E-state index >= 15 is 0 Å². The summed E-state index contributed by atoms with van der Waals surface area (Å²) >= 11 is 0. The monoisotopic (exact) mass is 342 g/mol. The molecular weight excluding hydrogens is 312 g/mol. The van der Waals surface area contributed by atoms with Crippen LogP contribution < -0.4 is 5.19 Å². The van der Waals surface area contributed by atoms with Crippen molar-refractivity contribution in [3.05, 3.63) is 54.6 Å². The molecule has 0 spiro atoms. The molecule has 2 aliphatic carbocycles. The topological polar surface area (TPSA) is 18.5 Å². The van der Waals surface area contributed by atoms with Crippen molar-refractivity contribution >= 4 is 13.7 Å². The average molecular weight is 343 g/mol. The summed E-state index contributed by atoms with van der Waals surface area (Å²) in [4.78, 5) is 0. The van der Waals surface area contributed by atoms with Crippen LogP contribution in [0.2, 0.25) is 6.55 Å². The summed E-state index contributed by atoms with van der Waals surface area (Å²) in [6, 6.07) is 10.6. The van der Waals surface area contributed by atoms with E-state index < -0.39 is 8.56 Å². The number of hydrogen-bond donors (Lipinski definition) is 0. The summed E-state index contributed by atoms with van der Waals surface area (Å²) in [6.45, 7) is 3.87. The first-order chi connectivity index (χ1) is 11.8. The SMILES string of the molecule is C[Si](OCC1CC=CCC1)(OCC1CC=CCC1)c1ccccc1. The Bertz CT molecular complexity index is 524. The highest BCUT2D eigenvalue weighted by molar-refractivity contribution is 6.79. The van der Waals surface area contributed by atoms with Crippen LogP contribution in [0.4, 0.5) is 0 Å². The third-order valence-corrected chi connectivity index (χ3v) is 8.06. The molecule has 3 heteroatoms. The molecule has 2 unspecified atom stereocenters. The molecule has 0 aliphatic heterocycles. The Kier molecular flexibility index (Phi) is 6.47. The van der Waals surface area contributed by atoms with Crippen molar-refractivity contribution in [1.29, 1.82) is 0 Å². The fourth-order valence-electron chi connectivity index (χ4n) is 3.52. The first kappa shape index (κ1) is 17.7. The van der Waals surface area contributed by atoms with Crippen LogP contribution in [0.1, 0.15) is 38.5 Å². The van der Waals surface area contributed by atoms with Crippen LogP contribution in [0.15, 0.2) is 54.6 Å². The molecule has 2 nitrogen and oxygen atoms in total. The van der Waals surface area contributed by atoms with Gasteiger partial charge in [-0.05, 0) is 62.1 Å². The molecule has 130 valence electrons. The smallest absolute Gasteiger partial charge is 0.369 e. The van der Waals surface area contributed by atoms with E-state index in [-0.39, 0.29) is 0 Å². The van der Waals surface area contributed by atoms with Crippen LogP contribution in [0.3, 0.4) is 0 Å². The highest BCUT2D eigenvalue weighted by Crippen LogP contribution is 2.23. The van der Waals surface area contributed by atoms with Crippen LogP contribution >= 0.6 is 0 Å². The molecular formula is C21H30O2Si. The van der Waals surface area contributed by atoms with Gasteiger partial charge in [-0.15, -0.1) is 0 Å². The molecule has 3 rings (SSSR count). The maximum Gasteiger partial charge on any atom is 0.369 e. The van der Waals surface area contributed by atoms with E-state index in [4.69, 9.17) is 8.85 Å². The summed E-state index contributed by atoms with van der Waals surface area (Å²) < 4.78 is 13.0. The van der Waals surface area contributed by atoms with E-state index in [9.17, 15) is 0 Å². The Morgan fingerprint density at radius 1 is 0.833 bits per heavy atom. The lowest BCUT2D eigenvalue weighted by atomic mass is 9.96. The lowest BCUT2D eigenvalue weighted by molar-refractivity contribution is 0.135. The van der Waals surface area contributed by atoms with Gasteiger partial charge >= 0.3 is 8.56 Å². The maximum absolute atomic E-state index is 6.51. The molecule has 0 heterocycles. The van der Waals surface area contributed by atoms with Crippen molar-refractivity contribution in [3.8, 4) is 0 Å². The van der Waals surface area contributed by atoms with Gasteiger partial charge in [0.2, 0.25) is 0 Å². The van der Waals surface area contributed by atoms with Gasteiger partial charge < -0.3 is 8.85 Å². The van der Waals surface area contributed by atoms with Crippen molar-refractivity contribution in [3.63, 3.8) is 0 Å². The van der Waals surface area contributed by atoms with E-state index in [2.05, 4.69) is 61.2 Å². The van der Waals surface area contributed by atoms with Crippen LogP contribution in [-0.2, 0) is 8.85 Å². The molecule has 2 atom stereocenters. The van der Waals surface area contributed by atoms with Crippen LogP contribution in [0.25, 0.3) is 0 Å². The zero-order chi connectivity index (χ0) is 16.7. The minimum atomic E-state index is -2.34. The first-order valence-corrected chi connectivity index (χ1v) is 11.7. The quantitative estimate of drug-likeness (QED) is 0.528. The maximum atomic E-state index is 6.51. The van der Waals surface area contributed by atoms with Gasteiger partial charge in [-0.1, -0.05) is 54.6 Å². The first-order valence-electron chi connectivity index (χ1n) is 9.40. The van der Waals surface area contributed by atoms with Crippen LogP contribution in [-0.4, -0.2) is 21.8 Å². The van der Waals surface area contributed by atoms with E-state index in [0.29, 0.717) is 11.8 Å². The molecule has 2 aliphatic rings. The lowest BCUT2D eigenvalue weighted by Crippen LogP contribution is -2.52. The summed E-state index contributed by atoms with van der Waals surface area (Å²) in [5, 5.41) is 1.25. The Morgan fingerprint density at radius 3 is 1.83 bits per heavy atom. The molecule has 0 N–H and O–H groups in total. The van der Waals surface area contributed by atoms with Crippen LogP contribution in [0, 0.1) is 11.8 Å². The molecule has 0 aromatic heterocycles. The van der Waals surface area contributed by atoms with E-state index in [0.717, 1.165) is 26.1 Å². The Balaban J connectivity index is 1.63. The van der Waals surface area contributed by atoms with Crippen molar-refractivity contribution < 1.29 is 8.85 Å². The fraction of sp³-hybridized carbons (Fsp3) is 0.524. The number of benzene rings is 1.